The number of rotatable bonds is 0. The molecule has 0 amide bonds. The van der Waals surface area contributed by atoms with Gasteiger partial charge in [0.25, 0.3) is 0 Å². The highest BCUT2D eigenvalue weighted by Gasteiger charge is 2.74. The Hall–Kier alpha value is -1.66. The van der Waals surface area contributed by atoms with Gasteiger partial charge < -0.3 is 19.3 Å². The second-order valence-electron chi connectivity index (χ2n) is 6.13. The fraction of sp³-hybridized carbons (Fsp3) is 0.600. The van der Waals surface area contributed by atoms with Crippen molar-refractivity contribution in [3.05, 3.63) is 22.8 Å². The Balaban J connectivity index is 1.83. The first kappa shape index (κ1) is 13.0. The van der Waals surface area contributed by atoms with Crippen molar-refractivity contribution in [2.24, 2.45) is 0 Å². The van der Waals surface area contributed by atoms with Gasteiger partial charge in [0.15, 0.2) is 11.7 Å². The molecule has 0 aromatic rings. The number of hydrogen-bond acceptors (Lipinski definition) is 6. The van der Waals surface area contributed by atoms with Gasteiger partial charge >= 0.3 is 11.9 Å². The Morgan fingerprint density at radius 3 is 2.76 bits per heavy atom. The second-order valence-corrected chi connectivity index (χ2v) is 6.13. The van der Waals surface area contributed by atoms with E-state index in [2.05, 4.69) is 0 Å². The van der Waals surface area contributed by atoms with Crippen molar-refractivity contribution >= 4 is 11.9 Å². The van der Waals surface area contributed by atoms with Crippen LogP contribution in [0.4, 0.5) is 0 Å². The molecule has 0 radical (unpaired) electrons. The number of aliphatic hydroxyl groups excluding tert-OH is 1. The van der Waals surface area contributed by atoms with Crippen LogP contribution in [-0.4, -0.2) is 47.1 Å². The van der Waals surface area contributed by atoms with Crippen molar-refractivity contribution in [2.75, 3.05) is 0 Å². The summed E-state index contributed by atoms with van der Waals surface area (Å²) in [6, 6.07) is 0. The number of carbonyl (C=O) groups is 2. The van der Waals surface area contributed by atoms with Gasteiger partial charge in [0.05, 0.1) is 6.10 Å². The van der Waals surface area contributed by atoms with Crippen molar-refractivity contribution in [3.63, 3.8) is 0 Å². The van der Waals surface area contributed by atoms with E-state index < -0.39 is 35.9 Å². The van der Waals surface area contributed by atoms with Crippen LogP contribution in [0, 0.1) is 0 Å². The Morgan fingerprint density at radius 2 is 2.05 bits per heavy atom. The molecule has 2 bridgehead atoms. The summed E-state index contributed by atoms with van der Waals surface area (Å²) < 4.78 is 16.4. The zero-order valence-corrected chi connectivity index (χ0v) is 11.8. The molecule has 1 N–H and O–H groups in total. The van der Waals surface area contributed by atoms with E-state index in [1.165, 1.54) is 0 Å². The van der Waals surface area contributed by atoms with Gasteiger partial charge in [0, 0.05) is 11.1 Å². The molecule has 0 spiro atoms. The predicted octanol–water partition coefficient (Wildman–Crippen LogP) is 0.392. The summed E-state index contributed by atoms with van der Waals surface area (Å²) in [5.74, 6) is -0.815. The van der Waals surface area contributed by atoms with Crippen LogP contribution in [0.1, 0.15) is 26.7 Å². The molecule has 112 valence electrons. The second kappa shape index (κ2) is 3.96. The van der Waals surface area contributed by atoms with Gasteiger partial charge in [-0.25, -0.2) is 9.59 Å². The van der Waals surface area contributed by atoms with Crippen LogP contribution in [0.3, 0.4) is 0 Å². The molecule has 1 aliphatic carbocycles. The van der Waals surface area contributed by atoms with Crippen LogP contribution in [0.15, 0.2) is 22.8 Å². The molecule has 6 nitrogen and oxygen atoms in total. The predicted molar refractivity (Wildman–Crippen MR) is 69.1 cm³/mol. The van der Waals surface area contributed by atoms with Crippen LogP contribution in [-0.2, 0) is 23.8 Å². The highest BCUT2D eigenvalue weighted by Crippen LogP contribution is 2.54. The maximum absolute atomic E-state index is 12.1. The monoisotopic (exact) mass is 292 g/mol. The fourth-order valence-corrected chi connectivity index (χ4v) is 3.50. The van der Waals surface area contributed by atoms with E-state index in [9.17, 15) is 14.7 Å². The third-order valence-corrected chi connectivity index (χ3v) is 4.91. The minimum absolute atomic E-state index is 0.369. The molecule has 0 aromatic heterocycles. The van der Waals surface area contributed by atoms with Crippen LogP contribution in [0.2, 0.25) is 0 Å². The van der Waals surface area contributed by atoms with E-state index in [1.54, 1.807) is 19.9 Å². The largest absolute Gasteiger partial charge is 0.453 e. The number of fused-ring (bicyclic) bond motifs is 2. The summed E-state index contributed by atoms with van der Waals surface area (Å²) in [5, 5.41) is 10.2. The number of carbonyl (C=O) groups excluding carboxylic acids is 2. The Bertz CT molecular complexity index is 618. The number of ether oxygens (including phenoxy) is 3. The normalized spacial score (nSPS) is 47.1. The number of hydrogen-bond donors (Lipinski definition) is 1. The van der Waals surface area contributed by atoms with Gasteiger partial charge in [-0.15, -0.1) is 0 Å². The first-order chi connectivity index (χ1) is 9.94. The van der Waals surface area contributed by atoms with Gasteiger partial charge in [0.1, 0.15) is 12.2 Å². The summed E-state index contributed by atoms with van der Waals surface area (Å²) in [6.45, 7) is 3.46. The molecule has 2 fully saturated rings. The van der Waals surface area contributed by atoms with Gasteiger partial charge in [-0.3, -0.25) is 0 Å². The number of aliphatic hydroxyl groups is 1. The van der Waals surface area contributed by atoms with E-state index in [0.29, 0.717) is 24.0 Å². The first-order valence-electron chi connectivity index (χ1n) is 7.11. The van der Waals surface area contributed by atoms with Crippen LogP contribution < -0.4 is 0 Å². The van der Waals surface area contributed by atoms with Crippen LogP contribution in [0.5, 0.6) is 0 Å². The summed E-state index contributed by atoms with van der Waals surface area (Å²) in [6.07, 6.45) is 0.359. The first-order valence-corrected chi connectivity index (χ1v) is 7.11. The molecule has 3 heterocycles. The lowest BCUT2D eigenvalue weighted by Crippen LogP contribution is -2.27. The third-order valence-electron chi connectivity index (χ3n) is 4.91. The van der Waals surface area contributed by atoms with Crippen molar-refractivity contribution in [1.29, 1.82) is 0 Å². The SMILES string of the molecule is CC1=C2C(/C=C(\C)[C@@H](O)CC[C@]34O[C@@H]3[C@@H]2OC4=O)OC1=O. The molecule has 6 heteroatoms. The average molecular weight is 292 g/mol. The molecule has 4 aliphatic rings. The Kier molecular flexibility index (Phi) is 2.45. The maximum Gasteiger partial charge on any atom is 0.342 e. The van der Waals surface area contributed by atoms with Gasteiger partial charge in [-0.2, -0.15) is 0 Å². The topological polar surface area (TPSA) is 85.4 Å². The quantitative estimate of drug-likeness (QED) is 0.395. The summed E-state index contributed by atoms with van der Waals surface area (Å²) in [7, 11) is 0. The van der Waals surface area contributed by atoms with Gasteiger partial charge in [-0.1, -0.05) is 0 Å². The lowest BCUT2D eigenvalue weighted by molar-refractivity contribution is -0.152. The average Bonchev–Trinajstić information content (AvgIpc) is 3.03. The molecular weight excluding hydrogens is 276 g/mol. The van der Waals surface area contributed by atoms with Crippen molar-refractivity contribution < 1.29 is 28.9 Å². The number of esters is 2. The Morgan fingerprint density at radius 1 is 1.29 bits per heavy atom. The zero-order chi connectivity index (χ0) is 14.9. The molecule has 0 saturated carbocycles. The molecule has 3 aliphatic heterocycles. The summed E-state index contributed by atoms with van der Waals surface area (Å²) >= 11 is 0. The molecule has 5 atom stereocenters. The highest BCUT2D eigenvalue weighted by molar-refractivity contribution is 5.94. The van der Waals surface area contributed by atoms with Gasteiger partial charge in [-0.05, 0) is 38.3 Å². The maximum atomic E-state index is 12.1. The van der Waals surface area contributed by atoms with Crippen molar-refractivity contribution in [2.45, 2.75) is 56.7 Å². The molecular formula is C15H16O6. The minimum Gasteiger partial charge on any atom is -0.453 e. The summed E-state index contributed by atoms with van der Waals surface area (Å²) in [4.78, 5) is 24.0. The minimum atomic E-state index is -0.938. The number of epoxide rings is 1. The molecule has 0 aromatic carbocycles. The van der Waals surface area contributed by atoms with Crippen molar-refractivity contribution in [3.8, 4) is 0 Å². The molecule has 2 saturated heterocycles. The van der Waals surface area contributed by atoms with Crippen molar-refractivity contribution in [1.82, 2.24) is 0 Å². The van der Waals surface area contributed by atoms with E-state index in [0.717, 1.165) is 5.57 Å². The lowest BCUT2D eigenvalue weighted by atomic mass is 9.88. The fourth-order valence-electron chi connectivity index (χ4n) is 3.50. The standard InChI is InChI=1S/C15H16O6/c1-6-5-9-10(7(2)13(17)19-9)11-12-15(21-12,14(18)20-11)4-3-8(6)16/h5,8-9,11-12,16H,3-4H2,1-2H3/b6-5+/t8-,9?,11+,12+,15-/m0/s1. The third kappa shape index (κ3) is 1.60. The van der Waals surface area contributed by atoms with E-state index in [1.807, 2.05) is 0 Å². The van der Waals surface area contributed by atoms with Crippen LogP contribution in [0.25, 0.3) is 0 Å². The highest BCUT2D eigenvalue weighted by atomic mass is 16.7. The van der Waals surface area contributed by atoms with E-state index in [4.69, 9.17) is 14.2 Å². The summed E-state index contributed by atoms with van der Waals surface area (Å²) in [5.41, 5.74) is 0.893. The molecule has 21 heavy (non-hydrogen) atoms. The van der Waals surface area contributed by atoms with E-state index >= 15 is 0 Å². The van der Waals surface area contributed by atoms with Crippen LogP contribution >= 0.6 is 0 Å². The smallest absolute Gasteiger partial charge is 0.342 e. The van der Waals surface area contributed by atoms with E-state index in [-0.39, 0.29) is 6.10 Å². The van der Waals surface area contributed by atoms with Gasteiger partial charge in [0.2, 0.25) is 0 Å². The lowest BCUT2D eigenvalue weighted by Gasteiger charge is -2.19. The molecule has 1 unspecified atom stereocenters. The Labute approximate surface area is 121 Å². The molecule has 4 rings (SSSR count). The zero-order valence-electron chi connectivity index (χ0n) is 11.8.